The topological polar surface area (TPSA) is 41.1 Å². The Kier molecular flexibility index (Phi) is 3.44. The van der Waals surface area contributed by atoms with E-state index in [1.54, 1.807) is 0 Å². The fourth-order valence-electron chi connectivity index (χ4n) is 1.79. The lowest BCUT2D eigenvalue weighted by Gasteiger charge is -2.09. The van der Waals surface area contributed by atoms with Gasteiger partial charge in [0, 0.05) is 19.3 Å². The first-order valence-corrected chi connectivity index (χ1v) is 5.86. The average Bonchev–Trinajstić information content (AvgIpc) is 3.13. The summed E-state index contributed by atoms with van der Waals surface area (Å²) < 4.78 is 0. The number of nitrogens with one attached hydrogen (secondary N) is 2. The van der Waals surface area contributed by atoms with Crippen LogP contribution in [0.2, 0.25) is 0 Å². The van der Waals surface area contributed by atoms with Crippen LogP contribution in [-0.2, 0) is 0 Å². The lowest BCUT2D eigenvalue weighted by Crippen LogP contribution is -2.25. The zero-order valence-electron chi connectivity index (χ0n) is 9.62. The Morgan fingerprint density at radius 1 is 1.38 bits per heavy atom. The molecule has 2 rings (SSSR count). The lowest BCUT2D eigenvalue weighted by molar-refractivity contribution is 0.0953. The van der Waals surface area contributed by atoms with Crippen LogP contribution in [0, 0.1) is 5.92 Å². The summed E-state index contributed by atoms with van der Waals surface area (Å²) in [5.74, 6) is 0.880. The predicted molar refractivity (Wildman–Crippen MR) is 65.7 cm³/mol. The number of rotatable bonds is 5. The van der Waals surface area contributed by atoms with Crippen LogP contribution < -0.4 is 10.6 Å². The van der Waals surface area contributed by atoms with Crippen molar-refractivity contribution in [2.24, 2.45) is 5.92 Å². The highest BCUT2D eigenvalue weighted by Crippen LogP contribution is 2.31. The first-order valence-electron chi connectivity index (χ1n) is 5.86. The fraction of sp³-hybridized carbons (Fsp3) is 0.462. The number of hydrogen-bond donors (Lipinski definition) is 2. The number of carbonyl (C=O) groups excluding carboxylic acids is 1. The van der Waals surface area contributed by atoms with Crippen LogP contribution in [-0.4, -0.2) is 19.5 Å². The average molecular weight is 218 g/mol. The van der Waals surface area contributed by atoms with Crippen LogP contribution in [0.1, 0.15) is 29.6 Å². The van der Waals surface area contributed by atoms with Crippen LogP contribution in [0.3, 0.4) is 0 Å². The van der Waals surface area contributed by atoms with Gasteiger partial charge in [0.25, 0.3) is 5.91 Å². The Labute approximate surface area is 96.2 Å². The summed E-state index contributed by atoms with van der Waals surface area (Å²) in [6, 6.07) is 7.57. The third kappa shape index (κ3) is 2.75. The lowest BCUT2D eigenvalue weighted by atomic mass is 10.1. The molecule has 1 aliphatic carbocycles. The third-order valence-electron chi connectivity index (χ3n) is 2.98. The summed E-state index contributed by atoms with van der Waals surface area (Å²) in [6.07, 6.45) is 3.79. The van der Waals surface area contributed by atoms with Crippen LogP contribution in [0.5, 0.6) is 0 Å². The minimum Gasteiger partial charge on any atom is -0.387 e. The van der Waals surface area contributed by atoms with Gasteiger partial charge in [-0.2, -0.15) is 0 Å². The van der Waals surface area contributed by atoms with Crippen LogP contribution in [0.4, 0.5) is 5.69 Å². The van der Waals surface area contributed by atoms with Gasteiger partial charge >= 0.3 is 0 Å². The Balaban J connectivity index is 1.90. The van der Waals surface area contributed by atoms with E-state index in [4.69, 9.17) is 0 Å². The van der Waals surface area contributed by atoms with Crippen LogP contribution >= 0.6 is 0 Å². The van der Waals surface area contributed by atoms with Crippen molar-refractivity contribution >= 4 is 11.6 Å². The standard InChI is InChI=1S/C13H18N2O/c1-14-12-5-3-2-4-11(12)13(16)15-9-8-10-6-7-10/h2-5,10,14H,6-9H2,1H3,(H,15,16). The minimum atomic E-state index is 0.0191. The minimum absolute atomic E-state index is 0.0191. The molecular formula is C13H18N2O. The highest BCUT2D eigenvalue weighted by Gasteiger charge is 2.20. The molecule has 0 radical (unpaired) electrons. The van der Waals surface area contributed by atoms with E-state index in [1.807, 2.05) is 31.3 Å². The van der Waals surface area contributed by atoms with Gasteiger partial charge in [0.15, 0.2) is 0 Å². The van der Waals surface area contributed by atoms with Gasteiger partial charge in [0.05, 0.1) is 5.56 Å². The van der Waals surface area contributed by atoms with Gasteiger partial charge in [0.1, 0.15) is 0 Å². The van der Waals surface area contributed by atoms with E-state index in [9.17, 15) is 4.79 Å². The van der Waals surface area contributed by atoms with E-state index in [2.05, 4.69) is 10.6 Å². The molecule has 0 heterocycles. The Morgan fingerprint density at radius 2 is 2.12 bits per heavy atom. The largest absolute Gasteiger partial charge is 0.387 e. The second-order valence-electron chi connectivity index (χ2n) is 4.28. The van der Waals surface area contributed by atoms with Crippen LogP contribution in [0.25, 0.3) is 0 Å². The molecule has 86 valence electrons. The van der Waals surface area contributed by atoms with Gasteiger partial charge < -0.3 is 10.6 Å². The second-order valence-corrected chi connectivity index (χ2v) is 4.28. The summed E-state index contributed by atoms with van der Waals surface area (Å²) in [5.41, 5.74) is 1.60. The molecule has 3 nitrogen and oxygen atoms in total. The molecule has 0 bridgehead atoms. The van der Waals surface area contributed by atoms with Crippen molar-refractivity contribution in [2.45, 2.75) is 19.3 Å². The molecule has 0 aromatic heterocycles. The molecule has 0 unspecified atom stereocenters. The molecule has 1 aromatic carbocycles. The maximum atomic E-state index is 11.9. The molecule has 1 amide bonds. The van der Waals surface area contributed by atoms with Crippen molar-refractivity contribution in [3.05, 3.63) is 29.8 Å². The number of para-hydroxylation sites is 1. The number of amides is 1. The molecule has 0 aliphatic heterocycles. The Hall–Kier alpha value is -1.51. The van der Waals surface area contributed by atoms with Crippen molar-refractivity contribution in [3.8, 4) is 0 Å². The summed E-state index contributed by atoms with van der Waals surface area (Å²) in [6.45, 7) is 0.793. The van der Waals surface area contributed by atoms with E-state index in [0.717, 1.165) is 30.1 Å². The fourth-order valence-corrected chi connectivity index (χ4v) is 1.79. The first-order chi connectivity index (χ1) is 7.81. The zero-order chi connectivity index (χ0) is 11.4. The number of carbonyl (C=O) groups is 1. The third-order valence-corrected chi connectivity index (χ3v) is 2.98. The summed E-state index contributed by atoms with van der Waals surface area (Å²) in [4.78, 5) is 11.9. The van der Waals surface area contributed by atoms with Crippen molar-refractivity contribution in [2.75, 3.05) is 18.9 Å². The van der Waals surface area contributed by atoms with E-state index in [-0.39, 0.29) is 5.91 Å². The quantitative estimate of drug-likeness (QED) is 0.796. The van der Waals surface area contributed by atoms with Gasteiger partial charge in [-0.05, 0) is 24.5 Å². The normalized spacial score (nSPS) is 14.6. The zero-order valence-corrected chi connectivity index (χ0v) is 9.62. The number of anilines is 1. The number of hydrogen-bond acceptors (Lipinski definition) is 2. The summed E-state index contributed by atoms with van der Waals surface area (Å²) in [7, 11) is 1.83. The Morgan fingerprint density at radius 3 is 2.81 bits per heavy atom. The molecule has 3 heteroatoms. The maximum Gasteiger partial charge on any atom is 0.253 e. The van der Waals surface area contributed by atoms with Crippen LogP contribution in [0.15, 0.2) is 24.3 Å². The molecule has 1 aromatic rings. The van der Waals surface area contributed by atoms with Gasteiger partial charge in [-0.1, -0.05) is 25.0 Å². The van der Waals surface area contributed by atoms with E-state index < -0.39 is 0 Å². The van der Waals surface area contributed by atoms with Gasteiger partial charge in [-0.3, -0.25) is 4.79 Å². The molecule has 16 heavy (non-hydrogen) atoms. The van der Waals surface area contributed by atoms with Crippen molar-refractivity contribution in [1.29, 1.82) is 0 Å². The summed E-state index contributed by atoms with van der Waals surface area (Å²) in [5, 5.41) is 5.99. The Bertz CT molecular complexity index is 372. The monoisotopic (exact) mass is 218 g/mol. The van der Waals surface area contributed by atoms with Crippen molar-refractivity contribution < 1.29 is 4.79 Å². The molecule has 2 N–H and O–H groups in total. The molecule has 0 atom stereocenters. The molecule has 1 saturated carbocycles. The van der Waals surface area contributed by atoms with E-state index >= 15 is 0 Å². The molecule has 1 aliphatic rings. The smallest absolute Gasteiger partial charge is 0.253 e. The van der Waals surface area contributed by atoms with E-state index in [0.29, 0.717) is 0 Å². The maximum absolute atomic E-state index is 11.9. The van der Waals surface area contributed by atoms with Gasteiger partial charge in [0.2, 0.25) is 0 Å². The molecule has 0 spiro atoms. The van der Waals surface area contributed by atoms with Gasteiger partial charge in [-0.25, -0.2) is 0 Å². The SMILES string of the molecule is CNc1ccccc1C(=O)NCCC1CC1. The second kappa shape index (κ2) is 5.01. The molecule has 0 saturated heterocycles. The van der Waals surface area contributed by atoms with Gasteiger partial charge in [-0.15, -0.1) is 0 Å². The van der Waals surface area contributed by atoms with E-state index in [1.165, 1.54) is 12.8 Å². The highest BCUT2D eigenvalue weighted by molar-refractivity contribution is 5.99. The highest BCUT2D eigenvalue weighted by atomic mass is 16.1. The summed E-state index contributed by atoms with van der Waals surface area (Å²) >= 11 is 0. The first kappa shape index (κ1) is 11.0. The van der Waals surface area contributed by atoms with Crippen molar-refractivity contribution in [3.63, 3.8) is 0 Å². The molecule has 1 fully saturated rings. The van der Waals surface area contributed by atoms with Crippen molar-refractivity contribution in [1.82, 2.24) is 5.32 Å². The molecular weight excluding hydrogens is 200 g/mol. The number of benzene rings is 1. The predicted octanol–water partition coefficient (Wildman–Crippen LogP) is 2.26.